The third-order valence-corrected chi connectivity index (χ3v) is 5.39. The van der Waals surface area contributed by atoms with Crippen molar-refractivity contribution < 1.29 is 18.9 Å². The van der Waals surface area contributed by atoms with Crippen molar-refractivity contribution in [1.82, 2.24) is 0 Å². The normalized spacial score (nSPS) is 23.6. The van der Waals surface area contributed by atoms with E-state index in [1.54, 1.807) is 0 Å². The second kappa shape index (κ2) is 11.5. The van der Waals surface area contributed by atoms with E-state index in [4.69, 9.17) is 18.9 Å². The van der Waals surface area contributed by atoms with Crippen molar-refractivity contribution in [1.29, 1.82) is 0 Å². The van der Waals surface area contributed by atoms with E-state index >= 15 is 0 Å². The predicted molar refractivity (Wildman–Crippen MR) is 98.6 cm³/mol. The lowest BCUT2D eigenvalue weighted by molar-refractivity contribution is -0.264. The smallest absolute Gasteiger partial charge is 0.122 e. The monoisotopic (exact) mass is 344 g/mol. The Bertz CT molecular complexity index is 317. The van der Waals surface area contributed by atoms with Crippen LogP contribution in [-0.4, -0.2) is 50.3 Å². The van der Waals surface area contributed by atoms with Gasteiger partial charge in [0.05, 0.1) is 25.4 Å². The Morgan fingerprint density at radius 1 is 0.875 bits per heavy atom. The van der Waals surface area contributed by atoms with Gasteiger partial charge in [0, 0.05) is 13.2 Å². The number of rotatable bonds is 13. The van der Waals surface area contributed by atoms with Crippen molar-refractivity contribution in [3.8, 4) is 0 Å². The largest absolute Gasteiger partial charge is 0.376 e. The summed E-state index contributed by atoms with van der Waals surface area (Å²) in [7, 11) is 0. The van der Waals surface area contributed by atoms with E-state index in [2.05, 4.69) is 27.7 Å². The minimum absolute atomic E-state index is 0.0807. The van der Waals surface area contributed by atoms with Gasteiger partial charge < -0.3 is 18.9 Å². The topological polar surface area (TPSA) is 36.9 Å². The van der Waals surface area contributed by atoms with Gasteiger partial charge in [0.1, 0.15) is 11.7 Å². The first kappa shape index (κ1) is 21.9. The van der Waals surface area contributed by atoms with Crippen LogP contribution in [0, 0.1) is 0 Å². The fourth-order valence-corrected chi connectivity index (χ4v) is 3.72. The van der Waals surface area contributed by atoms with Crippen molar-refractivity contribution in [2.45, 2.75) is 96.9 Å². The van der Waals surface area contributed by atoms with Gasteiger partial charge in [-0.25, -0.2) is 0 Å². The summed E-state index contributed by atoms with van der Waals surface area (Å²) in [5.41, 5.74) is -0.866. The zero-order chi connectivity index (χ0) is 17.9. The molecular formula is C20H40O4. The van der Waals surface area contributed by atoms with E-state index in [1.165, 1.54) is 32.1 Å². The molecule has 24 heavy (non-hydrogen) atoms. The van der Waals surface area contributed by atoms with E-state index in [1.807, 2.05) is 6.92 Å². The number of unbranched alkanes of at least 4 members (excludes halogenated alkanes) is 5. The Labute approximate surface area is 149 Å². The maximum absolute atomic E-state index is 6.27. The van der Waals surface area contributed by atoms with E-state index in [-0.39, 0.29) is 11.7 Å². The maximum atomic E-state index is 6.27. The van der Waals surface area contributed by atoms with Crippen molar-refractivity contribution in [2.24, 2.45) is 0 Å². The van der Waals surface area contributed by atoms with Crippen molar-refractivity contribution in [3.63, 3.8) is 0 Å². The number of hydrogen-bond donors (Lipinski definition) is 0. The van der Waals surface area contributed by atoms with E-state index in [9.17, 15) is 0 Å². The first-order valence-electron chi connectivity index (χ1n) is 10.0. The molecule has 0 aromatic heterocycles. The summed E-state index contributed by atoms with van der Waals surface area (Å²) in [6, 6.07) is 0. The highest BCUT2D eigenvalue weighted by Gasteiger charge is 2.52. The lowest BCUT2D eigenvalue weighted by atomic mass is 9.77. The molecule has 0 saturated carbocycles. The number of ether oxygens (including phenoxy) is 4. The standard InChI is InChI=1S/C20H40O4/c1-6-9-10-11-12-13-14-19(4,23-7-2)20(5,24-8-3)18-17-21-15-16-22-18/h18H,6-17H2,1-5H3. The summed E-state index contributed by atoms with van der Waals surface area (Å²) < 4.78 is 24.2. The molecule has 0 aromatic carbocycles. The molecule has 4 heteroatoms. The Hall–Kier alpha value is -0.160. The lowest BCUT2D eigenvalue weighted by Gasteiger charge is -2.50. The Morgan fingerprint density at radius 2 is 1.54 bits per heavy atom. The molecule has 0 amide bonds. The molecular weight excluding hydrogens is 304 g/mol. The average molecular weight is 345 g/mol. The molecule has 0 radical (unpaired) electrons. The molecule has 0 aromatic rings. The lowest BCUT2D eigenvalue weighted by Crippen LogP contribution is -2.63. The molecule has 1 saturated heterocycles. The molecule has 0 bridgehead atoms. The predicted octanol–water partition coefficient (Wildman–Crippen LogP) is 4.74. The van der Waals surface area contributed by atoms with Gasteiger partial charge in [-0.3, -0.25) is 0 Å². The van der Waals surface area contributed by atoms with Crippen LogP contribution in [0.3, 0.4) is 0 Å². The molecule has 4 nitrogen and oxygen atoms in total. The summed E-state index contributed by atoms with van der Waals surface area (Å²) in [5.74, 6) is 0. The van der Waals surface area contributed by atoms with Gasteiger partial charge in [0.25, 0.3) is 0 Å². The minimum Gasteiger partial charge on any atom is -0.376 e. The fraction of sp³-hybridized carbons (Fsp3) is 1.00. The van der Waals surface area contributed by atoms with Crippen LogP contribution in [0.25, 0.3) is 0 Å². The molecule has 1 aliphatic heterocycles. The number of hydrogen-bond acceptors (Lipinski definition) is 4. The quantitative estimate of drug-likeness (QED) is 0.452. The van der Waals surface area contributed by atoms with Gasteiger partial charge in [-0.15, -0.1) is 0 Å². The van der Waals surface area contributed by atoms with Crippen LogP contribution < -0.4 is 0 Å². The van der Waals surface area contributed by atoms with Crippen molar-refractivity contribution in [3.05, 3.63) is 0 Å². The first-order chi connectivity index (χ1) is 11.5. The summed E-state index contributed by atoms with van der Waals surface area (Å²) in [6.07, 6.45) is 8.61. The van der Waals surface area contributed by atoms with Crippen LogP contribution in [0.2, 0.25) is 0 Å². The average Bonchev–Trinajstić information content (AvgIpc) is 2.59. The Kier molecular flexibility index (Phi) is 10.4. The van der Waals surface area contributed by atoms with Crippen LogP contribution >= 0.6 is 0 Å². The van der Waals surface area contributed by atoms with Crippen LogP contribution in [0.4, 0.5) is 0 Å². The highest BCUT2D eigenvalue weighted by molar-refractivity contribution is 5.03. The van der Waals surface area contributed by atoms with E-state index < -0.39 is 5.60 Å². The Morgan fingerprint density at radius 3 is 2.12 bits per heavy atom. The van der Waals surface area contributed by atoms with Gasteiger partial charge in [0.2, 0.25) is 0 Å². The van der Waals surface area contributed by atoms with Crippen molar-refractivity contribution in [2.75, 3.05) is 33.0 Å². The van der Waals surface area contributed by atoms with Crippen molar-refractivity contribution >= 4 is 0 Å². The third-order valence-electron chi connectivity index (χ3n) is 5.39. The zero-order valence-corrected chi connectivity index (χ0v) is 16.7. The summed E-state index contributed by atoms with van der Waals surface area (Å²) >= 11 is 0. The molecule has 1 heterocycles. The zero-order valence-electron chi connectivity index (χ0n) is 16.7. The first-order valence-corrected chi connectivity index (χ1v) is 10.0. The highest BCUT2D eigenvalue weighted by Crippen LogP contribution is 2.39. The van der Waals surface area contributed by atoms with E-state index in [0.717, 1.165) is 12.8 Å². The Balaban J connectivity index is 2.73. The molecule has 1 rings (SSSR count). The molecule has 0 aliphatic carbocycles. The summed E-state index contributed by atoms with van der Waals surface area (Å²) in [5, 5.41) is 0. The third kappa shape index (κ3) is 5.98. The van der Waals surface area contributed by atoms with Gasteiger partial charge >= 0.3 is 0 Å². The van der Waals surface area contributed by atoms with Crippen LogP contribution in [-0.2, 0) is 18.9 Å². The highest BCUT2D eigenvalue weighted by atomic mass is 16.6. The van der Waals surface area contributed by atoms with Gasteiger partial charge in [-0.05, 0) is 34.1 Å². The fourth-order valence-electron chi connectivity index (χ4n) is 3.72. The molecule has 1 fully saturated rings. The second-order valence-electron chi connectivity index (χ2n) is 7.16. The second-order valence-corrected chi connectivity index (χ2v) is 7.16. The molecule has 0 N–H and O–H groups in total. The van der Waals surface area contributed by atoms with Gasteiger partial charge in [0.15, 0.2) is 0 Å². The van der Waals surface area contributed by atoms with Crippen LogP contribution in [0.15, 0.2) is 0 Å². The molecule has 3 atom stereocenters. The summed E-state index contributed by atoms with van der Waals surface area (Å²) in [6.45, 7) is 13.9. The van der Waals surface area contributed by atoms with Crippen LogP contribution in [0.1, 0.15) is 79.6 Å². The molecule has 144 valence electrons. The molecule has 0 spiro atoms. The molecule has 3 unspecified atom stereocenters. The summed E-state index contributed by atoms with van der Waals surface area (Å²) in [4.78, 5) is 0. The van der Waals surface area contributed by atoms with Gasteiger partial charge in [-0.2, -0.15) is 0 Å². The minimum atomic E-state index is -0.498. The van der Waals surface area contributed by atoms with Crippen LogP contribution in [0.5, 0.6) is 0 Å². The molecule has 1 aliphatic rings. The SMILES string of the molecule is CCCCCCCCC(C)(OCC)C(C)(OCC)C1COCCO1. The van der Waals surface area contributed by atoms with E-state index in [0.29, 0.717) is 33.0 Å². The maximum Gasteiger partial charge on any atom is 0.122 e. The van der Waals surface area contributed by atoms with Gasteiger partial charge in [-0.1, -0.05) is 45.4 Å².